The second-order valence-electron chi connectivity index (χ2n) is 3.23. The van der Waals surface area contributed by atoms with Crippen molar-refractivity contribution in [2.45, 2.75) is 12.5 Å². The fraction of sp³-hybridized carbons (Fsp3) is 0.200. The van der Waals surface area contributed by atoms with E-state index >= 15 is 0 Å². The predicted molar refractivity (Wildman–Crippen MR) is 55.9 cm³/mol. The van der Waals surface area contributed by atoms with Crippen molar-refractivity contribution in [3.63, 3.8) is 0 Å². The number of benzene rings is 1. The van der Waals surface area contributed by atoms with Crippen molar-refractivity contribution < 1.29 is 10.0 Å². The average molecular weight is 205 g/mol. The summed E-state index contributed by atoms with van der Waals surface area (Å²) in [5.74, 6) is 0.0460. The first-order valence-electron chi connectivity index (χ1n) is 4.57. The van der Waals surface area contributed by atoms with E-state index in [4.69, 9.17) is 15.8 Å². The Morgan fingerprint density at radius 1 is 1.47 bits per heavy atom. The van der Waals surface area contributed by atoms with Crippen molar-refractivity contribution in [3.05, 3.63) is 35.9 Å². The van der Waals surface area contributed by atoms with E-state index in [0.29, 0.717) is 6.42 Å². The highest BCUT2D eigenvalue weighted by Gasteiger charge is 2.25. The largest absolute Gasteiger partial charge is 0.409 e. The van der Waals surface area contributed by atoms with Gasteiger partial charge in [0.2, 0.25) is 0 Å². The van der Waals surface area contributed by atoms with E-state index in [0.717, 1.165) is 11.3 Å². The third kappa shape index (κ3) is 1.90. The van der Waals surface area contributed by atoms with Gasteiger partial charge >= 0.3 is 0 Å². The van der Waals surface area contributed by atoms with Crippen molar-refractivity contribution in [2.75, 3.05) is 0 Å². The lowest BCUT2D eigenvalue weighted by atomic mass is 10.1. The van der Waals surface area contributed by atoms with Crippen LogP contribution >= 0.6 is 0 Å². The summed E-state index contributed by atoms with van der Waals surface area (Å²) in [6.07, 6.45) is 0.0742. The number of rotatable bonds is 2. The Labute approximate surface area is 86.8 Å². The number of hydrogen-bond donors (Lipinski definition) is 2. The van der Waals surface area contributed by atoms with Crippen molar-refractivity contribution >= 4 is 11.5 Å². The van der Waals surface area contributed by atoms with E-state index in [1.54, 1.807) is 0 Å². The highest BCUT2D eigenvalue weighted by atomic mass is 16.6. The molecule has 2 rings (SSSR count). The maximum atomic E-state index is 8.48. The predicted octanol–water partition coefficient (Wildman–Crippen LogP) is 0.926. The van der Waals surface area contributed by atoms with E-state index in [1.807, 2.05) is 30.3 Å². The minimum atomic E-state index is -0.454. The molecule has 0 aliphatic carbocycles. The van der Waals surface area contributed by atoms with Gasteiger partial charge in [0.1, 0.15) is 0 Å². The summed E-state index contributed by atoms with van der Waals surface area (Å²) in [5.41, 5.74) is 7.22. The van der Waals surface area contributed by atoms with Crippen LogP contribution in [0.2, 0.25) is 0 Å². The molecular weight excluding hydrogens is 194 g/mol. The summed E-state index contributed by atoms with van der Waals surface area (Å²) in [7, 11) is 0. The van der Waals surface area contributed by atoms with Gasteiger partial charge < -0.3 is 15.8 Å². The molecular formula is C10H11N3O2. The third-order valence-electron chi connectivity index (χ3n) is 2.22. The van der Waals surface area contributed by atoms with Crippen LogP contribution in [0.25, 0.3) is 0 Å². The molecule has 0 saturated heterocycles. The molecule has 1 heterocycles. The first kappa shape index (κ1) is 9.51. The quantitative estimate of drug-likeness (QED) is 0.326. The van der Waals surface area contributed by atoms with Crippen LogP contribution in [0, 0.1) is 0 Å². The van der Waals surface area contributed by atoms with Crippen molar-refractivity contribution in [1.29, 1.82) is 0 Å². The molecule has 0 spiro atoms. The Hall–Kier alpha value is -2.04. The lowest BCUT2D eigenvalue weighted by Crippen LogP contribution is -2.29. The monoisotopic (exact) mass is 205 g/mol. The number of amidine groups is 1. The first-order chi connectivity index (χ1) is 7.31. The van der Waals surface area contributed by atoms with Gasteiger partial charge in [-0.1, -0.05) is 40.6 Å². The second kappa shape index (κ2) is 4.00. The molecule has 0 radical (unpaired) electrons. The Morgan fingerprint density at radius 2 is 2.20 bits per heavy atom. The molecule has 0 bridgehead atoms. The zero-order valence-electron chi connectivity index (χ0n) is 8.00. The van der Waals surface area contributed by atoms with Gasteiger partial charge in [0.05, 0.1) is 5.71 Å². The van der Waals surface area contributed by atoms with Crippen molar-refractivity contribution in [3.8, 4) is 0 Å². The maximum absolute atomic E-state index is 8.48. The molecule has 15 heavy (non-hydrogen) atoms. The second-order valence-corrected chi connectivity index (χ2v) is 3.23. The lowest BCUT2D eigenvalue weighted by molar-refractivity contribution is 0.128. The van der Waals surface area contributed by atoms with E-state index in [1.165, 1.54) is 0 Å². The molecule has 1 aromatic carbocycles. The highest BCUT2D eigenvalue weighted by molar-refractivity contribution is 6.04. The summed E-state index contributed by atoms with van der Waals surface area (Å²) in [6, 6.07) is 9.66. The molecule has 1 atom stereocenters. The van der Waals surface area contributed by atoms with E-state index in [2.05, 4.69) is 10.3 Å². The minimum absolute atomic E-state index is 0.0460. The van der Waals surface area contributed by atoms with Crippen molar-refractivity contribution in [2.24, 2.45) is 16.0 Å². The number of hydrogen-bond acceptors (Lipinski definition) is 4. The van der Waals surface area contributed by atoms with Crippen LogP contribution < -0.4 is 5.73 Å². The molecule has 1 unspecified atom stereocenters. The zero-order chi connectivity index (χ0) is 10.7. The molecule has 3 N–H and O–H groups in total. The number of nitrogens with zero attached hydrogens (tertiary/aromatic N) is 2. The van der Waals surface area contributed by atoms with Crippen LogP contribution in [0.1, 0.15) is 12.0 Å². The zero-order valence-corrected chi connectivity index (χ0v) is 8.00. The van der Waals surface area contributed by atoms with Crippen LogP contribution in [0.15, 0.2) is 40.6 Å². The SMILES string of the molecule is NC(=NO)C1CC(c2ccccc2)=NO1. The Bertz CT molecular complexity index is 400. The molecule has 0 aromatic heterocycles. The first-order valence-corrected chi connectivity index (χ1v) is 4.57. The van der Waals surface area contributed by atoms with Crippen LogP contribution in [-0.2, 0) is 4.84 Å². The number of nitrogens with two attached hydrogens (primary N) is 1. The molecule has 1 aliphatic heterocycles. The molecule has 1 aromatic rings. The Balaban J connectivity index is 2.11. The fourth-order valence-corrected chi connectivity index (χ4v) is 1.40. The molecule has 0 fully saturated rings. The summed E-state index contributed by atoms with van der Waals surface area (Å²) >= 11 is 0. The molecule has 5 heteroatoms. The van der Waals surface area contributed by atoms with Gasteiger partial charge in [-0.15, -0.1) is 0 Å². The van der Waals surface area contributed by atoms with Crippen LogP contribution in [0.4, 0.5) is 0 Å². The van der Waals surface area contributed by atoms with Gasteiger partial charge in [-0.3, -0.25) is 0 Å². The van der Waals surface area contributed by atoms with Gasteiger partial charge in [-0.25, -0.2) is 0 Å². The lowest BCUT2D eigenvalue weighted by Gasteiger charge is -2.04. The molecule has 1 aliphatic rings. The van der Waals surface area contributed by atoms with E-state index in [9.17, 15) is 0 Å². The number of oxime groups is 2. The smallest absolute Gasteiger partial charge is 0.193 e. The average Bonchev–Trinajstić information content (AvgIpc) is 2.78. The Kier molecular flexibility index (Phi) is 2.53. The normalized spacial score (nSPS) is 20.9. The van der Waals surface area contributed by atoms with Crippen molar-refractivity contribution in [1.82, 2.24) is 0 Å². The van der Waals surface area contributed by atoms with Crippen LogP contribution in [-0.4, -0.2) is 22.9 Å². The van der Waals surface area contributed by atoms with Gasteiger partial charge in [0.25, 0.3) is 0 Å². The van der Waals surface area contributed by atoms with Gasteiger partial charge in [0.15, 0.2) is 11.9 Å². The van der Waals surface area contributed by atoms with E-state index in [-0.39, 0.29) is 5.84 Å². The highest BCUT2D eigenvalue weighted by Crippen LogP contribution is 2.16. The summed E-state index contributed by atoms with van der Waals surface area (Å²) in [4.78, 5) is 5.04. The van der Waals surface area contributed by atoms with E-state index < -0.39 is 6.10 Å². The van der Waals surface area contributed by atoms with Crippen LogP contribution in [0.5, 0.6) is 0 Å². The molecule has 5 nitrogen and oxygen atoms in total. The third-order valence-corrected chi connectivity index (χ3v) is 2.22. The standard InChI is InChI=1S/C10H11N3O2/c11-10(12-14)9-6-8(13-15-9)7-4-2-1-3-5-7/h1-5,9,14H,6H2,(H2,11,12). The minimum Gasteiger partial charge on any atom is -0.409 e. The van der Waals surface area contributed by atoms with Crippen LogP contribution in [0.3, 0.4) is 0 Å². The van der Waals surface area contributed by atoms with Gasteiger partial charge in [0, 0.05) is 6.42 Å². The maximum Gasteiger partial charge on any atom is 0.193 e. The fourth-order valence-electron chi connectivity index (χ4n) is 1.40. The summed E-state index contributed by atoms with van der Waals surface area (Å²) < 4.78 is 0. The molecule has 0 amide bonds. The summed E-state index contributed by atoms with van der Waals surface area (Å²) in [5, 5.41) is 15.3. The topological polar surface area (TPSA) is 80.2 Å². The Morgan fingerprint density at radius 3 is 2.87 bits per heavy atom. The van der Waals surface area contributed by atoms with Gasteiger partial charge in [-0.2, -0.15) is 0 Å². The molecule has 0 saturated carbocycles. The molecule has 78 valence electrons. The summed E-state index contributed by atoms with van der Waals surface area (Å²) in [6.45, 7) is 0. The van der Waals surface area contributed by atoms with Gasteiger partial charge in [-0.05, 0) is 5.56 Å².